The number of sulfone groups is 1. The summed E-state index contributed by atoms with van der Waals surface area (Å²) in [6.07, 6.45) is 0. The lowest BCUT2D eigenvalue weighted by Gasteiger charge is -2.06. The third-order valence-electron chi connectivity index (χ3n) is 4.01. The summed E-state index contributed by atoms with van der Waals surface area (Å²) in [6, 6.07) is 15.9. The molecule has 1 aromatic heterocycles. The molecule has 146 valence electrons. The summed E-state index contributed by atoms with van der Waals surface area (Å²) in [5.41, 5.74) is 1.71. The summed E-state index contributed by atoms with van der Waals surface area (Å²) in [4.78, 5) is 12.3. The Morgan fingerprint density at radius 1 is 1.07 bits per heavy atom. The van der Waals surface area contributed by atoms with E-state index in [1.165, 1.54) is 11.8 Å². The van der Waals surface area contributed by atoms with Gasteiger partial charge < -0.3 is 9.88 Å². The van der Waals surface area contributed by atoms with Crippen molar-refractivity contribution in [3.8, 4) is 0 Å². The Hall–Kier alpha value is -2.65. The molecule has 1 N–H and O–H groups in total. The maximum absolute atomic E-state index is 12.6. The quantitative estimate of drug-likeness (QED) is 0.595. The van der Waals surface area contributed by atoms with Crippen molar-refractivity contribution >= 4 is 33.2 Å². The van der Waals surface area contributed by atoms with Crippen molar-refractivity contribution in [1.29, 1.82) is 0 Å². The zero-order chi connectivity index (χ0) is 20.1. The van der Waals surface area contributed by atoms with Gasteiger partial charge in [-0.2, -0.15) is 0 Å². The average molecular weight is 417 g/mol. The fourth-order valence-electron chi connectivity index (χ4n) is 2.44. The van der Waals surface area contributed by atoms with E-state index in [1.807, 2.05) is 25.1 Å². The first-order valence-electron chi connectivity index (χ1n) is 8.50. The highest BCUT2D eigenvalue weighted by atomic mass is 32.2. The van der Waals surface area contributed by atoms with E-state index in [9.17, 15) is 13.2 Å². The van der Waals surface area contributed by atoms with E-state index in [2.05, 4.69) is 15.5 Å². The van der Waals surface area contributed by atoms with Crippen molar-refractivity contribution in [2.24, 2.45) is 7.05 Å². The number of anilines is 1. The Bertz CT molecular complexity index is 1060. The highest BCUT2D eigenvalue weighted by Crippen LogP contribution is 2.20. The molecule has 7 nitrogen and oxygen atoms in total. The number of rotatable bonds is 7. The second-order valence-corrected chi connectivity index (χ2v) is 9.16. The highest BCUT2D eigenvalue weighted by Gasteiger charge is 2.20. The molecule has 3 rings (SSSR count). The van der Waals surface area contributed by atoms with Crippen molar-refractivity contribution in [3.63, 3.8) is 0 Å². The largest absolute Gasteiger partial charge is 0.325 e. The SMILES string of the molecule is Cc1ccc(S(=O)(=O)Cc2nnc(SCC(=O)Nc3ccccc3)n2C)cc1. The number of aromatic nitrogens is 3. The van der Waals surface area contributed by atoms with Crippen LogP contribution in [-0.2, 0) is 27.4 Å². The zero-order valence-corrected chi connectivity index (χ0v) is 17.1. The molecule has 0 aliphatic carbocycles. The first-order chi connectivity index (χ1) is 13.3. The monoisotopic (exact) mass is 416 g/mol. The fraction of sp³-hybridized carbons (Fsp3) is 0.211. The number of aryl methyl sites for hydroxylation is 1. The number of nitrogens with zero attached hydrogens (tertiary/aromatic N) is 3. The lowest BCUT2D eigenvalue weighted by atomic mass is 10.2. The first kappa shape index (κ1) is 20.1. The van der Waals surface area contributed by atoms with Crippen LogP contribution in [-0.4, -0.2) is 34.8 Å². The van der Waals surface area contributed by atoms with Gasteiger partial charge in [0.25, 0.3) is 0 Å². The number of thioether (sulfide) groups is 1. The number of carbonyl (C=O) groups excluding carboxylic acids is 1. The summed E-state index contributed by atoms with van der Waals surface area (Å²) >= 11 is 1.20. The molecule has 1 amide bonds. The Labute approximate surface area is 168 Å². The number of amides is 1. The zero-order valence-electron chi connectivity index (χ0n) is 15.5. The Balaban J connectivity index is 1.63. The van der Waals surface area contributed by atoms with Gasteiger partial charge in [-0.25, -0.2) is 8.42 Å². The van der Waals surface area contributed by atoms with Gasteiger partial charge in [-0.15, -0.1) is 10.2 Å². The van der Waals surface area contributed by atoms with Crippen LogP contribution in [0.5, 0.6) is 0 Å². The summed E-state index contributed by atoms with van der Waals surface area (Å²) in [5, 5.41) is 11.3. The predicted octanol–water partition coefficient (Wildman–Crippen LogP) is 2.83. The van der Waals surface area contributed by atoms with Crippen molar-refractivity contribution in [1.82, 2.24) is 14.8 Å². The number of nitrogens with one attached hydrogen (secondary N) is 1. The van der Waals surface area contributed by atoms with Crippen molar-refractivity contribution in [2.45, 2.75) is 22.7 Å². The molecule has 0 saturated carbocycles. The predicted molar refractivity (Wildman–Crippen MR) is 109 cm³/mol. The molecule has 2 aromatic carbocycles. The molecule has 1 heterocycles. The number of benzene rings is 2. The molecule has 0 fully saturated rings. The van der Waals surface area contributed by atoms with Gasteiger partial charge in [-0.05, 0) is 31.2 Å². The minimum atomic E-state index is -3.52. The second kappa shape index (κ2) is 8.57. The molecular formula is C19H20N4O3S2. The normalized spacial score (nSPS) is 11.4. The Morgan fingerprint density at radius 3 is 2.43 bits per heavy atom. The van der Waals surface area contributed by atoms with Crippen LogP contribution in [0.3, 0.4) is 0 Å². The Morgan fingerprint density at radius 2 is 1.75 bits per heavy atom. The molecule has 0 radical (unpaired) electrons. The summed E-state index contributed by atoms with van der Waals surface area (Å²) in [5.74, 6) is 0.0432. The van der Waals surface area contributed by atoms with Crippen molar-refractivity contribution in [3.05, 3.63) is 66.0 Å². The van der Waals surface area contributed by atoms with Gasteiger partial charge in [-0.3, -0.25) is 4.79 Å². The third kappa shape index (κ3) is 4.99. The van der Waals surface area contributed by atoms with E-state index in [1.54, 1.807) is 48.0 Å². The standard InChI is InChI=1S/C19H20N4O3S2/c1-14-8-10-16(11-9-14)28(25,26)13-17-21-22-19(23(17)2)27-12-18(24)20-15-6-4-3-5-7-15/h3-11H,12-13H2,1-2H3,(H,20,24). The molecule has 28 heavy (non-hydrogen) atoms. The molecule has 3 aromatic rings. The van der Waals surface area contributed by atoms with E-state index in [0.717, 1.165) is 11.3 Å². The van der Waals surface area contributed by atoms with Crippen LogP contribution in [0.15, 0.2) is 64.6 Å². The van der Waals surface area contributed by atoms with Crippen LogP contribution in [0.4, 0.5) is 5.69 Å². The maximum atomic E-state index is 12.6. The van der Waals surface area contributed by atoms with Gasteiger partial charge in [0.1, 0.15) is 11.6 Å². The molecular weight excluding hydrogens is 396 g/mol. The topological polar surface area (TPSA) is 94.0 Å². The molecule has 0 aliphatic rings. The van der Waals surface area contributed by atoms with Gasteiger partial charge >= 0.3 is 0 Å². The minimum absolute atomic E-state index is 0.144. The fourth-order valence-corrected chi connectivity index (χ4v) is 4.48. The third-order valence-corrected chi connectivity index (χ3v) is 6.66. The molecule has 0 spiro atoms. The molecule has 0 atom stereocenters. The van der Waals surface area contributed by atoms with Crippen molar-refractivity contribution < 1.29 is 13.2 Å². The van der Waals surface area contributed by atoms with Crippen LogP contribution in [0.2, 0.25) is 0 Å². The Kier molecular flexibility index (Phi) is 6.15. The minimum Gasteiger partial charge on any atom is -0.325 e. The molecule has 0 aliphatic heterocycles. The van der Waals surface area contributed by atoms with Crippen LogP contribution < -0.4 is 5.32 Å². The van der Waals surface area contributed by atoms with Gasteiger partial charge in [0.2, 0.25) is 5.91 Å². The van der Waals surface area contributed by atoms with E-state index >= 15 is 0 Å². The number of carbonyl (C=O) groups is 1. The number of hydrogen-bond acceptors (Lipinski definition) is 6. The smallest absolute Gasteiger partial charge is 0.234 e. The summed E-state index contributed by atoms with van der Waals surface area (Å²) in [6.45, 7) is 1.90. The summed E-state index contributed by atoms with van der Waals surface area (Å²) in [7, 11) is -1.83. The van der Waals surface area contributed by atoms with Gasteiger partial charge in [-0.1, -0.05) is 47.7 Å². The second-order valence-electron chi connectivity index (χ2n) is 6.23. The van der Waals surface area contributed by atoms with Gasteiger partial charge in [0.15, 0.2) is 15.0 Å². The first-order valence-corrected chi connectivity index (χ1v) is 11.1. The van der Waals surface area contributed by atoms with Crippen LogP contribution >= 0.6 is 11.8 Å². The van der Waals surface area contributed by atoms with Crippen LogP contribution in [0.25, 0.3) is 0 Å². The maximum Gasteiger partial charge on any atom is 0.234 e. The molecule has 9 heteroatoms. The van der Waals surface area contributed by atoms with E-state index in [4.69, 9.17) is 0 Å². The lowest BCUT2D eigenvalue weighted by Crippen LogP contribution is -2.14. The van der Waals surface area contributed by atoms with E-state index in [-0.39, 0.29) is 22.3 Å². The van der Waals surface area contributed by atoms with E-state index in [0.29, 0.717) is 11.0 Å². The molecule has 0 unspecified atom stereocenters. The van der Waals surface area contributed by atoms with Crippen molar-refractivity contribution in [2.75, 3.05) is 11.1 Å². The molecule has 0 saturated heterocycles. The highest BCUT2D eigenvalue weighted by molar-refractivity contribution is 7.99. The lowest BCUT2D eigenvalue weighted by molar-refractivity contribution is -0.113. The van der Waals surface area contributed by atoms with Crippen LogP contribution in [0, 0.1) is 6.92 Å². The van der Waals surface area contributed by atoms with E-state index < -0.39 is 9.84 Å². The van der Waals surface area contributed by atoms with Gasteiger partial charge in [0, 0.05) is 12.7 Å². The van der Waals surface area contributed by atoms with Gasteiger partial charge in [0.05, 0.1) is 10.6 Å². The molecule has 0 bridgehead atoms. The average Bonchev–Trinajstić information content (AvgIpc) is 3.00. The summed E-state index contributed by atoms with van der Waals surface area (Å²) < 4.78 is 26.8. The number of para-hydroxylation sites is 1. The number of hydrogen-bond donors (Lipinski definition) is 1. The van der Waals surface area contributed by atoms with Crippen LogP contribution in [0.1, 0.15) is 11.4 Å².